The van der Waals surface area contributed by atoms with Gasteiger partial charge in [0.25, 0.3) is 0 Å². The van der Waals surface area contributed by atoms with Gasteiger partial charge in [-0.15, -0.1) is 0 Å². The van der Waals surface area contributed by atoms with Crippen LogP contribution in [0.3, 0.4) is 0 Å². The first-order valence-corrected chi connectivity index (χ1v) is 41.0. The zero-order chi connectivity index (χ0) is 67.9. The summed E-state index contributed by atoms with van der Waals surface area (Å²) in [7, 11) is -9.90. The third-order valence-electron chi connectivity index (χ3n) is 17.0. The number of ether oxygens (including phenoxy) is 4. The van der Waals surface area contributed by atoms with Crippen molar-refractivity contribution in [2.45, 2.75) is 394 Å². The maximum atomic E-state index is 13.1. The molecule has 0 radical (unpaired) electrons. The summed E-state index contributed by atoms with van der Waals surface area (Å²) in [6.07, 6.45) is 51.2. The van der Waals surface area contributed by atoms with Crippen molar-refractivity contribution in [3.63, 3.8) is 0 Å². The van der Waals surface area contributed by atoms with Gasteiger partial charge >= 0.3 is 39.5 Å². The van der Waals surface area contributed by atoms with Gasteiger partial charge in [0.2, 0.25) is 0 Å². The lowest BCUT2D eigenvalue weighted by Crippen LogP contribution is -2.30. The van der Waals surface area contributed by atoms with Gasteiger partial charge in [-0.3, -0.25) is 37.3 Å². The van der Waals surface area contributed by atoms with Gasteiger partial charge in [0.15, 0.2) is 12.2 Å². The molecule has 0 amide bonds. The number of hydrogen-bond donors (Lipinski definition) is 3. The third-order valence-corrected chi connectivity index (χ3v) is 18.9. The van der Waals surface area contributed by atoms with Crippen LogP contribution in [0.4, 0.5) is 0 Å². The Morgan fingerprint density at radius 3 is 0.739 bits per heavy atom. The number of aliphatic hydroxyl groups is 1. The van der Waals surface area contributed by atoms with Gasteiger partial charge in [-0.1, -0.05) is 324 Å². The van der Waals surface area contributed by atoms with E-state index < -0.39 is 97.5 Å². The molecule has 0 spiro atoms. The fourth-order valence-corrected chi connectivity index (χ4v) is 12.7. The van der Waals surface area contributed by atoms with Crippen molar-refractivity contribution in [1.29, 1.82) is 0 Å². The van der Waals surface area contributed by atoms with E-state index in [-0.39, 0.29) is 25.7 Å². The molecule has 0 aliphatic carbocycles. The smallest absolute Gasteiger partial charge is 0.462 e. The molecule has 92 heavy (non-hydrogen) atoms. The van der Waals surface area contributed by atoms with Gasteiger partial charge in [-0.2, -0.15) is 0 Å². The van der Waals surface area contributed by atoms with E-state index in [1.165, 1.54) is 193 Å². The summed E-state index contributed by atoms with van der Waals surface area (Å²) >= 11 is 0. The Balaban J connectivity index is 5.23. The SMILES string of the molecule is CCCCCCCCCCCCC(=O)OC[C@H](COP(=O)(O)OC[C@H](O)COP(=O)(O)OC[C@@H](COC(=O)CCCCCCCCCCCCCCC(C)C)OC(=O)CCCCCCCCCCCCCCCCC(C)C)OC(=O)CCCCCCCCCCCC. The predicted octanol–water partition coefficient (Wildman–Crippen LogP) is 21.2. The van der Waals surface area contributed by atoms with Crippen LogP contribution in [0.15, 0.2) is 0 Å². The minimum absolute atomic E-state index is 0.107. The molecule has 0 rings (SSSR count). The van der Waals surface area contributed by atoms with E-state index in [2.05, 4.69) is 41.5 Å². The Kier molecular flexibility index (Phi) is 63.7. The number of rotatable bonds is 72. The van der Waals surface area contributed by atoms with Crippen LogP contribution in [0.1, 0.15) is 375 Å². The molecule has 0 aliphatic heterocycles. The van der Waals surface area contributed by atoms with Crippen LogP contribution in [0.25, 0.3) is 0 Å². The van der Waals surface area contributed by atoms with Gasteiger partial charge in [0, 0.05) is 25.7 Å². The van der Waals surface area contributed by atoms with Crippen LogP contribution in [-0.2, 0) is 65.4 Å². The van der Waals surface area contributed by atoms with E-state index in [9.17, 15) is 43.2 Å². The standard InChI is InChI=1S/C73H142O17P2/c1-7-9-11-13-15-17-31-37-43-49-55-70(75)83-61-68(89-72(77)57-51-45-39-32-18-16-14-12-10-8-2)63-87-91(79,80)85-59-67(74)60-86-92(81,82)88-64-69(62-84-71(76)56-50-44-38-33-27-24-23-26-30-36-42-48-54-66(5)6)90-73(78)58-52-46-40-34-28-22-20-19-21-25-29-35-41-47-53-65(3)4/h65-69,74H,7-64H2,1-6H3,(H,79,80)(H,81,82)/t67-,68+,69+/m0/s1. The summed E-state index contributed by atoms with van der Waals surface area (Å²) in [4.78, 5) is 72.6. The molecular formula is C73H142O17P2. The number of carbonyl (C=O) groups excluding carboxylic acids is 4. The van der Waals surface area contributed by atoms with Gasteiger partial charge < -0.3 is 33.8 Å². The van der Waals surface area contributed by atoms with Gasteiger partial charge in [0.1, 0.15) is 19.3 Å². The maximum Gasteiger partial charge on any atom is 0.472 e. The molecular weight excluding hydrogens is 1210 g/mol. The van der Waals surface area contributed by atoms with Crippen LogP contribution in [0.5, 0.6) is 0 Å². The molecule has 0 aromatic heterocycles. The number of esters is 4. The Hall–Kier alpha value is -1.94. The minimum Gasteiger partial charge on any atom is -0.462 e. The average molecular weight is 1350 g/mol. The lowest BCUT2D eigenvalue weighted by atomic mass is 10.0. The summed E-state index contributed by atoms with van der Waals surface area (Å²) in [5.74, 6) is -0.542. The van der Waals surface area contributed by atoms with Crippen LogP contribution in [-0.4, -0.2) is 96.7 Å². The molecule has 2 unspecified atom stereocenters. The van der Waals surface area contributed by atoms with Crippen molar-refractivity contribution in [2.24, 2.45) is 11.8 Å². The van der Waals surface area contributed by atoms with E-state index >= 15 is 0 Å². The molecule has 0 aromatic rings. The van der Waals surface area contributed by atoms with Crippen LogP contribution >= 0.6 is 15.6 Å². The maximum absolute atomic E-state index is 13.1. The van der Waals surface area contributed by atoms with E-state index in [4.69, 9.17) is 37.0 Å². The Bertz CT molecular complexity index is 1790. The molecule has 5 atom stereocenters. The van der Waals surface area contributed by atoms with Crippen molar-refractivity contribution in [1.82, 2.24) is 0 Å². The fraction of sp³-hybridized carbons (Fsp3) is 0.945. The topological polar surface area (TPSA) is 237 Å². The lowest BCUT2D eigenvalue weighted by Gasteiger charge is -2.21. The van der Waals surface area contributed by atoms with Crippen LogP contribution in [0, 0.1) is 11.8 Å². The molecule has 0 bridgehead atoms. The highest BCUT2D eigenvalue weighted by Crippen LogP contribution is 2.45. The molecule has 3 N–H and O–H groups in total. The Morgan fingerprint density at radius 2 is 0.500 bits per heavy atom. The third kappa shape index (κ3) is 66.7. The minimum atomic E-state index is -4.95. The summed E-state index contributed by atoms with van der Waals surface area (Å²) in [5.41, 5.74) is 0. The van der Waals surface area contributed by atoms with Gasteiger partial charge in [-0.05, 0) is 37.5 Å². The molecule has 0 saturated carbocycles. The summed E-state index contributed by atoms with van der Waals surface area (Å²) < 4.78 is 68.4. The zero-order valence-electron chi connectivity index (χ0n) is 59.9. The highest BCUT2D eigenvalue weighted by atomic mass is 31.2. The normalized spacial score (nSPS) is 14.1. The summed E-state index contributed by atoms with van der Waals surface area (Å²) in [6.45, 7) is 9.59. The average Bonchev–Trinajstić information content (AvgIpc) is 1.51. The monoisotopic (exact) mass is 1350 g/mol. The van der Waals surface area contributed by atoms with E-state index in [1.807, 2.05) is 0 Å². The molecule has 0 fully saturated rings. The van der Waals surface area contributed by atoms with E-state index in [0.29, 0.717) is 25.7 Å². The van der Waals surface area contributed by atoms with Gasteiger partial charge in [-0.25, -0.2) is 9.13 Å². The number of aliphatic hydroxyl groups excluding tert-OH is 1. The van der Waals surface area contributed by atoms with Crippen molar-refractivity contribution < 1.29 is 80.2 Å². The quantitative estimate of drug-likeness (QED) is 0.0222. The lowest BCUT2D eigenvalue weighted by molar-refractivity contribution is -0.161. The molecule has 0 saturated heterocycles. The predicted molar refractivity (Wildman–Crippen MR) is 372 cm³/mol. The highest BCUT2D eigenvalue weighted by molar-refractivity contribution is 7.47. The summed E-state index contributed by atoms with van der Waals surface area (Å²) in [6, 6.07) is 0. The van der Waals surface area contributed by atoms with E-state index in [0.717, 1.165) is 102 Å². The number of carbonyl (C=O) groups is 4. The first kappa shape index (κ1) is 90.1. The molecule has 0 aliphatic rings. The Morgan fingerprint density at radius 1 is 0.293 bits per heavy atom. The molecule has 19 heteroatoms. The second kappa shape index (κ2) is 65.0. The first-order valence-electron chi connectivity index (χ1n) is 38.0. The van der Waals surface area contributed by atoms with E-state index in [1.54, 1.807) is 0 Å². The van der Waals surface area contributed by atoms with Crippen LogP contribution in [0.2, 0.25) is 0 Å². The zero-order valence-corrected chi connectivity index (χ0v) is 61.6. The fourth-order valence-electron chi connectivity index (χ4n) is 11.1. The van der Waals surface area contributed by atoms with Crippen molar-refractivity contribution in [2.75, 3.05) is 39.6 Å². The summed E-state index contributed by atoms with van der Waals surface area (Å²) in [5, 5.41) is 10.6. The van der Waals surface area contributed by atoms with Crippen molar-refractivity contribution >= 4 is 39.5 Å². The second-order valence-electron chi connectivity index (χ2n) is 27.3. The molecule has 0 aromatic carbocycles. The van der Waals surface area contributed by atoms with Crippen molar-refractivity contribution in [3.8, 4) is 0 Å². The molecule has 546 valence electrons. The van der Waals surface area contributed by atoms with Crippen molar-refractivity contribution in [3.05, 3.63) is 0 Å². The number of phosphoric ester groups is 2. The first-order chi connectivity index (χ1) is 44.4. The second-order valence-corrected chi connectivity index (χ2v) is 30.2. The molecule has 0 heterocycles. The number of unbranched alkanes of at least 4 members (excludes halogenated alkanes) is 42. The largest absolute Gasteiger partial charge is 0.472 e. The Labute approximate surface area is 562 Å². The highest BCUT2D eigenvalue weighted by Gasteiger charge is 2.30. The van der Waals surface area contributed by atoms with Crippen LogP contribution < -0.4 is 0 Å². The van der Waals surface area contributed by atoms with Gasteiger partial charge in [0.05, 0.1) is 26.4 Å². The number of phosphoric acid groups is 2. The number of hydrogen-bond acceptors (Lipinski definition) is 15. The molecule has 17 nitrogen and oxygen atoms in total.